The molecule has 0 fully saturated rings. The fourth-order valence-corrected chi connectivity index (χ4v) is 3.08. The number of benzene rings is 2. The minimum atomic E-state index is -0.576. The molecule has 0 heterocycles. The van der Waals surface area contributed by atoms with Gasteiger partial charge >= 0.3 is 0 Å². The van der Waals surface area contributed by atoms with Crippen LogP contribution < -0.4 is 4.74 Å². The van der Waals surface area contributed by atoms with Crippen molar-refractivity contribution in [2.24, 2.45) is 0 Å². The van der Waals surface area contributed by atoms with E-state index in [1.54, 1.807) is 19.2 Å². The van der Waals surface area contributed by atoms with E-state index >= 15 is 0 Å². The summed E-state index contributed by atoms with van der Waals surface area (Å²) in [4.78, 5) is 2.26. The second-order valence-electron chi connectivity index (χ2n) is 6.93. The summed E-state index contributed by atoms with van der Waals surface area (Å²) in [6.45, 7) is 7.39. The smallest absolute Gasteiger partial charge is 0.119 e. The monoisotopic (exact) mass is 391 g/mol. The second-order valence-corrected chi connectivity index (χ2v) is 7.37. The van der Waals surface area contributed by atoms with Crippen LogP contribution in [0.25, 0.3) is 0 Å². The molecule has 0 bridgehead atoms. The van der Waals surface area contributed by atoms with Crippen LogP contribution in [-0.2, 0) is 11.3 Å². The van der Waals surface area contributed by atoms with E-state index in [0.717, 1.165) is 19.5 Å². The Morgan fingerprint density at radius 3 is 2.56 bits per heavy atom. The Hall–Kier alpha value is -1.59. The van der Waals surface area contributed by atoms with Gasteiger partial charge in [0.1, 0.15) is 18.5 Å². The van der Waals surface area contributed by atoms with E-state index in [0.29, 0.717) is 23.9 Å². The molecule has 1 N–H and O–H groups in total. The van der Waals surface area contributed by atoms with Gasteiger partial charge in [-0.2, -0.15) is 0 Å². The molecule has 2 aromatic rings. The molecule has 0 unspecified atom stereocenters. The molecule has 2 rings (SSSR count). The van der Waals surface area contributed by atoms with Gasteiger partial charge in [-0.05, 0) is 55.7 Å². The van der Waals surface area contributed by atoms with Crippen LogP contribution in [0.5, 0.6) is 5.75 Å². The van der Waals surface area contributed by atoms with Crippen molar-refractivity contribution < 1.29 is 14.6 Å². The molecule has 0 aromatic heterocycles. The van der Waals surface area contributed by atoms with E-state index in [1.807, 2.05) is 12.1 Å². The maximum absolute atomic E-state index is 10.5. The molecular weight excluding hydrogens is 362 g/mol. The first-order chi connectivity index (χ1) is 13.0. The Bertz CT molecular complexity index is 690. The number of methoxy groups -OCH3 is 1. The van der Waals surface area contributed by atoms with E-state index in [9.17, 15) is 5.11 Å². The van der Waals surface area contributed by atoms with E-state index in [-0.39, 0.29) is 6.61 Å². The van der Waals surface area contributed by atoms with Crippen molar-refractivity contribution in [1.82, 2.24) is 4.90 Å². The molecule has 0 spiro atoms. The highest BCUT2D eigenvalue weighted by molar-refractivity contribution is 6.30. The summed E-state index contributed by atoms with van der Waals surface area (Å²) in [6.07, 6.45) is 0.347. The molecule has 0 saturated heterocycles. The van der Waals surface area contributed by atoms with Crippen LogP contribution in [0.3, 0.4) is 0 Å². The molecule has 1 atom stereocenters. The third-order valence-corrected chi connectivity index (χ3v) is 4.70. The first-order valence-corrected chi connectivity index (χ1v) is 9.69. The van der Waals surface area contributed by atoms with Gasteiger partial charge < -0.3 is 14.6 Å². The molecule has 5 heteroatoms. The Kier molecular flexibility index (Phi) is 9.08. The SMILES string of the molecule is COCCCN(Cc1cc(C)ccc1C)C[C@@H](O)COc1ccc(Cl)cc1. The Labute approximate surface area is 167 Å². The first-order valence-electron chi connectivity index (χ1n) is 9.32. The average Bonchev–Trinajstić information content (AvgIpc) is 2.64. The van der Waals surface area contributed by atoms with Gasteiger partial charge in [-0.1, -0.05) is 35.4 Å². The number of rotatable bonds is 11. The van der Waals surface area contributed by atoms with E-state index in [4.69, 9.17) is 21.1 Å². The zero-order chi connectivity index (χ0) is 19.6. The summed E-state index contributed by atoms with van der Waals surface area (Å²) in [7, 11) is 1.71. The second kappa shape index (κ2) is 11.3. The van der Waals surface area contributed by atoms with Gasteiger partial charge in [-0.25, -0.2) is 0 Å². The van der Waals surface area contributed by atoms with Crippen molar-refractivity contribution in [1.29, 1.82) is 0 Å². The topological polar surface area (TPSA) is 41.9 Å². The van der Waals surface area contributed by atoms with Crippen LogP contribution in [0.2, 0.25) is 5.02 Å². The highest BCUT2D eigenvalue weighted by Gasteiger charge is 2.14. The number of aryl methyl sites for hydroxylation is 2. The molecule has 4 nitrogen and oxygen atoms in total. The molecule has 0 amide bonds. The Morgan fingerprint density at radius 1 is 1.11 bits per heavy atom. The average molecular weight is 392 g/mol. The molecule has 0 aliphatic rings. The number of nitrogens with zero attached hydrogens (tertiary/aromatic N) is 1. The maximum atomic E-state index is 10.5. The van der Waals surface area contributed by atoms with Gasteiger partial charge in [-0.15, -0.1) is 0 Å². The minimum absolute atomic E-state index is 0.245. The van der Waals surface area contributed by atoms with Gasteiger partial charge in [0.2, 0.25) is 0 Å². The van der Waals surface area contributed by atoms with Gasteiger partial charge in [0.25, 0.3) is 0 Å². The normalized spacial score (nSPS) is 12.4. The fraction of sp³-hybridized carbons (Fsp3) is 0.455. The highest BCUT2D eigenvalue weighted by atomic mass is 35.5. The van der Waals surface area contributed by atoms with Crippen LogP contribution >= 0.6 is 11.6 Å². The Balaban J connectivity index is 1.93. The lowest BCUT2D eigenvalue weighted by Gasteiger charge is -2.26. The number of hydrogen-bond acceptors (Lipinski definition) is 4. The van der Waals surface area contributed by atoms with Crippen molar-refractivity contribution in [3.8, 4) is 5.75 Å². The number of hydrogen-bond donors (Lipinski definition) is 1. The fourth-order valence-electron chi connectivity index (χ4n) is 2.95. The van der Waals surface area contributed by atoms with Gasteiger partial charge in [0.15, 0.2) is 0 Å². The van der Waals surface area contributed by atoms with Gasteiger partial charge in [0, 0.05) is 38.4 Å². The predicted octanol–water partition coefficient (Wildman–Crippen LogP) is 4.24. The van der Waals surface area contributed by atoms with Crippen molar-refractivity contribution in [2.75, 3.05) is 33.4 Å². The van der Waals surface area contributed by atoms with E-state index in [2.05, 4.69) is 36.9 Å². The third-order valence-electron chi connectivity index (χ3n) is 4.45. The molecule has 0 radical (unpaired) electrons. The molecule has 0 aliphatic carbocycles. The van der Waals surface area contributed by atoms with Gasteiger partial charge in [0.05, 0.1) is 0 Å². The van der Waals surface area contributed by atoms with E-state index in [1.165, 1.54) is 16.7 Å². The van der Waals surface area contributed by atoms with Crippen molar-refractivity contribution in [3.63, 3.8) is 0 Å². The predicted molar refractivity (Wildman–Crippen MR) is 111 cm³/mol. The van der Waals surface area contributed by atoms with Crippen molar-refractivity contribution in [3.05, 3.63) is 64.2 Å². The maximum Gasteiger partial charge on any atom is 0.119 e. The molecule has 2 aromatic carbocycles. The first kappa shape index (κ1) is 21.7. The number of aliphatic hydroxyl groups excluding tert-OH is 1. The summed E-state index contributed by atoms with van der Waals surface area (Å²) in [5.74, 6) is 0.707. The number of halogens is 1. The van der Waals surface area contributed by atoms with Gasteiger partial charge in [-0.3, -0.25) is 4.90 Å². The van der Waals surface area contributed by atoms with Crippen LogP contribution in [0, 0.1) is 13.8 Å². The van der Waals surface area contributed by atoms with Crippen molar-refractivity contribution >= 4 is 11.6 Å². The van der Waals surface area contributed by atoms with Crippen LogP contribution in [0.4, 0.5) is 0 Å². The van der Waals surface area contributed by atoms with Crippen LogP contribution in [0.1, 0.15) is 23.1 Å². The number of aliphatic hydroxyl groups is 1. The largest absolute Gasteiger partial charge is 0.491 e. The number of ether oxygens (including phenoxy) is 2. The minimum Gasteiger partial charge on any atom is -0.491 e. The highest BCUT2D eigenvalue weighted by Crippen LogP contribution is 2.17. The lowest BCUT2D eigenvalue weighted by Crippen LogP contribution is -2.36. The Morgan fingerprint density at radius 2 is 1.85 bits per heavy atom. The summed E-state index contributed by atoms with van der Waals surface area (Å²) < 4.78 is 10.9. The standard InChI is InChI=1S/C22H30ClNO3/c1-17-5-6-18(2)19(13-17)14-24(11-4-12-26-3)15-21(25)16-27-22-9-7-20(23)8-10-22/h5-10,13,21,25H,4,11-12,14-16H2,1-3H3/t21-/m1/s1. The van der Waals surface area contributed by atoms with Crippen molar-refractivity contribution in [2.45, 2.75) is 32.9 Å². The van der Waals surface area contributed by atoms with Crippen LogP contribution in [0.15, 0.2) is 42.5 Å². The summed E-state index contributed by atoms with van der Waals surface area (Å²) in [5, 5.41) is 11.1. The molecule has 0 saturated carbocycles. The third kappa shape index (κ3) is 7.89. The molecule has 0 aliphatic heterocycles. The molecule has 148 valence electrons. The lowest BCUT2D eigenvalue weighted by molar-refractivity contribution is 0.0617. The zero-order valence-electron chi connectivity index (χ0n) is 16.5. The summed E-state index contributed by atoms with van der Waals surface area (Å²) in [6, 6.07) is 13.7. The molecular formula is C22H30ClNO3. The zero-order valence-corrected chi connectivity index (χ0v) is 17.2. The van der Waals surface area contributed by atoms with Crippen LogP contribution in [-0.4, -0.2) is 49.5 Å². The lowest BCUT2D eigenvalue weighted by atomic mass is 10.0. The summed E-state index contributed by atoms with van der Waals surface area (Å²) in [5.41, 5.74) is 3.81. The molecule has 27 heavy (non-hydrogen) atoms. The summed E-state index contributed by atoms with van der Waals surface area (Å²) >= 11 is 5.88. The quantitative estimate of drug-likeness (QED) is 0.582. The van der Waals surface area contributed by atoms with E-state index < -0.39 is 6.10 Å².